The number of rotatable bonds is 3. The van der Waals surface area contributed by atoms with Crippen LogP contribution in [0, 0.1) is 0 Å². The van der Waals surface area contributed by atoms with Gasteiger partial charge in [0.05, 0.1) is 0 Å². The highest BCUT2D eigenvalue weighted by Gasteiger charge is 2.18. The summed E-state index contributed by atoms with van der Waals surface area (Å²) in [5, 5.41) is 17.8. The molecule has 0 aromatic carbocycles. The Morgan fingerprint density at radius 1 is 1.05 bits per heavy atom. The summed E-state index contributed by atoms with van der Waals surface area (Å²) >= 11 is 0. The van der Waals surface area contributed by atoms with Crippen molar-refractivity contribution in [2.24, 2.45) is 0 Å². The van der Waals surface area contributed by atoms with E-state index in [9.17, 15) is 14.4 Å². The maximum absolute atomic E-state index is 11.6. The van der Waals surface area contributed by atoms with Gasteiger partial charge in [-0.25, -0.2) is 14.6 Å². The standard InChI is InChI=1S/C12H8N2O5/c15-10-7(11(16)17)5-14(6-8(10)12(18)19)9-3-1-2-4-13-9/h1-6H,(H,16,17)(H,18,19). The Kier molecular flexibility index (Phi) is 3.11. The lowest BCUT2D eigenvalue weighted by atomic mass is 10.2. The van der Waals surface area contributed by atoms with Crippen LogP contribution in [0.5, 0.6) is 0 Å². The van der Waals surface area contributed by atoms with Gasteiger partial charge in [0, 0.05) is 18.6 Å². The minimum absolute atomic E-state index is 0.313. The third kappa shape index (κ3) is 2.34. The van der Waals surface area contributed by atoms with Crippen LogP contribution in [0.25, 0.3) is 5.82 Å². The van der Waals surface area contributed by atoms with Gasteiger partial charge in [0.15, 0.2) is 0 Å². The van der Waals surface area contributed by atoms with E-state index >= 15 is 0 Å². The second-order valence-corrected chi connectivity index (χ2v) is 3.62. The van der Waals surface area contributed by atoms with Crippen LogP contribution in [-0.2, 0) is 0 Å². The molecule has 0 amide bonds. The fraction of sp³-hybridized carbons (Fsp3) is 0. The molecule has 0 unspecified atom stereocenters. The summed E-state index contributed by atoms with van der Waals surface area (Å²) in [5.41, 5.74) is -2.27. The third-order valence-electron chi connectivity index (χ3n) is 2.40. The molecule has 0 bridgehead atoms. The summed E-state index contributed by atoms with van der Waals surface area (Å²) < 4.78 is 1.19. The van der Waals surface area contributed by atoms with Crippen LogP contribution in [0.2, 0.25) is 0 Å². The lowest BCUT2D eigenvalue weighted by Crippen LogP contribution is -2.24. The largest absolute Gasteiger partial charge is 0.477 e. The highest BCUT2D eigenvalue weighted by molar-refractivity contribution is 5.93. The molecule has 2 N–H and O–H groups in total. The minimum atomic E-state index is -1.49. The first kappa shape index (κ1) is 12.5. The summed E-state index contributed by atoms with van der Waals surface area (Å²) in [6, 6.07) is 4.87. The zero-order valence-electron chi connectivity index (χ0n) is 9.48. The van der Waals surface area contributed by atoms with Crippen molar-refractivity contribution in [3.63, 3.8) is 0 Å². The summed E-state index contributed by atoms with van der Waals surface area (Å²) in [5.74, 6) is -2.66. The number of hydrogen-bond donors (Lipinski definition) is 2. The Hall–Kier alpha value is -2.96. The molecule has 7 nitrogen and oxygen atoms in total. The molecule has 0 radical (unpaired) electrons. The quantitative estimate of drug-likeness (QED) is 0.837. The molecule has 7 heteroatoms. The topological polar surface area (TPSA) is 109 Å². The summed E-state index contributed by atoms with van der Waals surface area (Å²) in [4.78, 5) is 37.5. The van der Waals surface area contributed by atoms with Crippen LogP contribution in [0.15, 0.2) is 41.6 Å². The van der Waals surface area contributed by atoms with E-state index in [1.807, 2.05) is 0 Å². The molecule has 0 aliphatic carbocycles. The van der Waals surface area contributed by atoms with Crippen LogP contribution in [0.1, 0.15) is 20.7 Å². The van der Waals surface area contributed by atoms with E-state index in [1.54, 1.807) is 18.2 Å². The molecule has 0 saturated heterocycles. The van der Waals surface area contributed by atoms with Crippen molar-refractivity contribution in [3.8, 4) is 5.82 Å². The number of carboxylic acid groups (broad SMARTS) is 2. The Bertz CT molecular complexity index is 668. The van der Waals surface area contributed by atoms with Gasteiger partial charge in [-0.1, -0.05) is 6.07 Å². The van der Waals surface area contributed by atoms with Gasteiger partial charge in [-0.05, 0) is 12.1 Å². The highest BCUT2D eigenvalue weighted by atomic mass is 16.4. The summed E-state index contributed by atoms with van der Waals surface area (Å²) in [6.07, 6.45) is 3.55. The van der Waals surface area contributed by atoms with E-state index in [1.165, 1.54) is 10.8 Å². The molecule has 0 saturated carbocycles. The number of carbonyl (C=O) groups is 2. The molecular formula is C12H8N2O5. The fourth-order valence-electron chi connectivity index (χ4n) is 1.52. The van der Waals surface area contributed by atoms with Crippen LogP contribution < -0.4 is 5.43 Å². The van der Waals surface area contributed by atoms with Gasteiger partial charge in [0.25, 0.3) is 0 Å². The normalized spacial score (nSPS) is 10.1. The molecule has 2 rings (SSSR count). The van der Waals surface area contributed by atoms with Gasteiger partial charge in [-0.2, -0.15) is 0 Å². The lowest BCUT2D eigenvalue weighted by molar-refractivity contribution is 0.0693. The Balaban J connectivity index is 2.74. The zero-order valence-corrected chi connectivity index (χ0v) is 9.48. The van der Waals surface area contributed by atoms with Crippen LogP contribution >= 0.6 is 0 Å². The molecular weight excluding hydrogens is 252 g/mol. The maximum Gasteiger partial charge on any atom is 0.341 e. The molecule has 0 aliphatic heterocycles. The van der Waals surface area contributed by atoms with Gasteiger partial charge in [0.1, 0.15) is 16.9 Å². The van der Waals surface area contributed by atoms with Crippen LogP contribution in [0.3, 0.4) is 0 Å². The van der Waals surface area contributed by atoms with Crippen molar-refractivity contribution in [2.45, 2.75) is 0 Å². The second-order valence-electron chi connectivity index (χ2n) is 3.62. The van der Waals surface area contributed by atoms with Gasteiger partial charge >= 0.3 is 11.9 Å². The highest BCUT2D eigenvalue weighted by Crippen LogP contribution is 2.06. The molecule has 0 spiro atoms. The van der Waals surface area contributed by atoms with Crippen molar-refractivity contribution in [1.29, 1.82) is 0 Å². The zero-order chi connectivity index (χ0) is 14.0. The van der Waals surface area contributed by atoms with Crippen LogP contribution in [0.4, 0.5) is 0 Å². The Labute approximate surface area is 106 Å². The molecule has 19 heavy (non-hydrogen) atoms. The number of aromatic carboxylic acids is 2. The summed E-state index contributed by atoms with van der Waals surface area (Å²) in [7, 11) is 0. The van der Waals surface area contributed by atoms with E-state index in [4.69, 9.17) is 10.2 Å². The monoisotopic (exact) mass is 260 g/mol. The van der Waals surface area contributed by atoms with Gasteiger partial charge in [-0.15, -0.1) is 0 Å². The van der Waals surface area contributed by atoms with E-state index < -0.39 is 28.5 Å². The average molecular weight is 260 g/mol. The average Bonchev–Trinajstić information content (AvgIpc) is 2.39. The number of pyridine rings is 2. The van der Waals surface area contributed by atoms with Crippen LogP contribution in [-0.4, -0.2) is 31.7 Å². The fourth-order valence-corrected chi connectivity index (χ4v) is 1.52. The van der Waals surface area contributed by atoms with Crippen molar-refractivity contribution in [3.05, 3.63) is 58.1 Å². The van der Waals surface area contributed by atoms with Gasteiger partial charge in [0.2, 0.25) is 5.43 Å². The first-order chi connectivity index (χ1) is 9.00. The van der Waals surface area contributed by atoms with Crippen molar-refractivity contribution < 1.29 is 19.8 Å². The predicted molar refractivity (Wildman–Crippen MR) is 63.8 cm³/mol. The van der Waals surface area contributed by atoms with Crippen molar-refractivity contribution in [1.82, 2.24) is 9.55 Å². The Morgan fingerprint density at radius 3 is 2.05 bits per heavy atom. The van der Waals surface area contributed by atoms with E-state index in [0.29, 0.717) is 5.82 Å². The lowest BCUT2D eigenvalue weighted by Gasteiger charge is -2.07. The molecule has 2 aromatic heterocycles. The molecule has 0 aliphatic rings. The summed E-state index contributed by atoms with van der Waals surface area (Å²) in [6.45, 7) is 0. The van der Waals surface area contributed by atoms with E-state index in [-0.39, 0.29) is 0 Å². The minimum Gasteiger partial charge on any atom is -0.477 e. The number of nitrogens with zero attached hydrogens (tertiary/aromatic N) is 2. The van der Waals surface area contributed by atoms with Crippen molar-refractivity contribution >= 4 is 11.9 Å². The van der Waals surface area contributed by atoms with Gasteiger partial charge < -0.3 is 14.8 Å². The number of aromatic nitrogens is 2. The number of carboxylic acids is 2. The first-order valence-electron chi connectivity index (χ1n) is 5.15. The molecule has 2 aromatic rings. The van der Waals surface area contributed by atoms with Gasteiger partial charge in [-0.3, -0.25) is 4.79 Å². The first-order valence-corrected chi connectivity index (χ1v) is 5.15. The van der Waals surface area contributed by atoms with Crippen molar-refractivity contribution in [2.75, 3.05) is 0 Å². The van der Waals surface area contributed by atoms with E-state index in [0.717, 1.165) is 12.4 Å². The predicted octanol–water partition coefficient (Wildman–Crippen LogP) is 0.629. The molecule has 0 atom stereocenters. The SMILES string of the molecule is O=C(O)c1cn(-c2ccccn2)cc(C(=O)O)c1=O. The molecule has 0 fully saturated rings. The smallest absolute Gasteiger partial charge is 0.341 e. The Morgan fingerprint density at radius 2 is 1.63 bits per heavy atom. The number of hydrogen-bond acceptors (Lipinski definition) is 4. The molecule has 96 valence electrons. The third-order valence-corrected chi connectivity index (χ3v) is 2.40. The second kappa shape index (κ2) is 4.73. The van der Waals surface area contributed by atoms with E-state index in [2.05, 4.69) is 4.98 Å². The maximum atomic E-state index is 11.6. The molecule has 2 heterocycles.